The molecule has 2 aliphatic heterocycles. The molecule has 0 radical (unpaired) electrons. The fourth-order valence-electron chi connectivity index (χ4n) is 3.78. The van der Waals surface area contributed by atoms with Gasteiger partial charge >= 0.3 is 0 Å². The molecule has 0 unspecified atom stereocenters. The molecular weight excluding hydrogens is 402 g/mol. The molecule has 1 saturated carbocycles. The van der Waals surface area contributed by atoms with Crippen molar-refractivity contribution in [3.63, 3.8) is 0 Å². The summed E-state index contributed by atoms with van der Waals surface area (Å²) in [5.74, 6) is -0.0714. The van der Waals surface area contributed by atoms with Crippen molar-refractivity contribution in [2.45, 2.75) is 25.7 Å². The van der Waals surface area contributed by atoms with Gasteiger partial charge in [0.1, 0.15) is 0 Å². The lowest BCUT2D eigenvalue weighted by Gasteiger charge is -2.31. The molecular formula is C22H25N3O4S. The van der Waals surface area contributed by atoms with Crippen molar-refractivity contribution in [2.24, 2.45) is 11.8 Å². The van der Waals surface area contributed by atoms with Crippen molar-refractivity contribution in [3.8, 4) is 0 Å². The molecule has 1 aromatic carbocycles. The van der Waals surface area contributed by atoms with E-state index in [0.717, 1.165) is 30.2 Å². The number of piperidine rings is 1. The SMILES string of the molecule is O=C(NCCN1C(=O)S/C(=C\c2ccccc2)C1=O)C1CCN(C(=O)C2CC2)CC1. The molecule has 7 nitrogen and oxygen atoms in total. The van der Waals surface area contributed by atoms with Crippen LogP contribution in [0.5, 0.6) is 0 Å². The van der Waals surface area contributed by atoms with Gasteiger partial charge in [-0.15, -0.1) is 0 Å². The quantitative estimate of drug-likeness (QED) is 0.705. The lowest BCUT2D eigenvalue weighted by molar-refractivity contribution is -0.136. The maximum Gasteiger partial charge on any atom is 0.293 e. The fourth-order valence-corrected chi connectivity index (χ4v) is 4.64. The summed E-state index contributed by atoms with van der Waals surface area (Å²) in [7, 11) is 0. The highest BCUT2D eigenvalue weighted by Crippen LogP contribution is 2.33. The normalized spacial score (nSPS) is 21.4. The topological polar surface area (TPSA) is 86.8 Å². The Balaban J connectivity index is 1.22. The first-order valence-electron chi connectivity index (χ1n) is 10.4. The fraction of sp³-hybridized carbons (Fsp3) is 0.455. The number of nitrogens with one attached hydrogen (secondary N) is 1. The third kappa shape index (κ3) is 4.75. The summed E-state index contributed by atoms with van der Waals surface area (Å²) < 4.78 is 0. The molecule has 3 aliphatic rings. The molecule has 8 heteroatoms. The summed E-state index contributed by atoms with van der Waals surface area (Å²) in [6, 6.07) is 9.38. The van der Waals surface area contributed by atoms with Crippen LogP contribution in [0.1, 0.15) is 31.2 Å². The standard InChI is InChI=1S/C22H25N3O4S/c26-19(16-8-11-24(12-9-16)20(27)17-6-7-17)23-10-13-25-21(28)18(30-22(25)29)14-15-4-2-1-3-5-15/h1-5,14,16-17H,6-13H2,(H,23,26)/b18-14-. The zero-order valence-electron chi connectivity index (χ0n) is 16.7. The van der Waals surface area contributed by atoms with Crippen LogP contribution in [0.3, 0.4) is 0 Å². The van der Waals surface area contributed by atoms with E-state index in [-0.39, 0.29) is 47.9 Å². The number of rotatable bonds is 6. The monoisotopic (exact) mass is 427 g/mol. The molecule has 2 heterocycles. The molecule has 0 spiro atoms. The summed E-state index contributed by atoms with van der Waals surface area (Å²) in [5.41, 5.74) is 0.864. The van der Waals surface area contributed by atoms with Gasteiger partial charge in [-0.05, 0) is 49.1 Å². The van der Waals surface area contributed by atoms with Gasteiger partial charge < -0.3 is 10.2 Å². The lowest BCUT2D eigenvalue weighted by Crippen LogP contribution is -2.45. The van der Waals surface area contributed by atoms with E-state index in [4.69, 9.17) is 0 Å². The molecule has 4 amide bonds. The zero-order valence-corrected chi connectivity index (χ0v) is 17.5. The Morgan fingerprint density at radius 2 is 1.73 bits per heavy atom. The van der Waals surface area contributed by atoms with Crippen LogP contribution in [0.25, 0.3) is 6.08 Å². The summed E-state index contributed by atoms with van der Waals surface area (Å²) >= 11 is 0.922. The second kappa shape index (κ2) is 9.04. The molecule has 0 aromatic heterocycles. The number of hydrogen-bond donors (Lipinski definition) is 1. The van der Waals surface area contributed by atoms with E-state index in [1.165, 1.54) is 4.90 Å². The second-order valence-corrected chi connectivity index (χ2v) is 8.90. The molecule has 1 N–H and O–H groups in total. The molecule has 3 fully saturated rings. The minimum Gasteiger partial charge on any atom is -0.354 e. The maximum absolute atomic E-state index is 12.5. The van der Waals surface area contributed by atoms with E-state index in [1.54, 1.807) is 6.08 Å². The largest absolute Gasteiger partial charge is 0.354 e. The van der Waals surface area contributed by atoms with Crippen molar-refractivity contribution in [1.82, 2.24) is 15.1 Å². The van der Waals surface area contributed by atoms with Gasteiger partial charge in [-0.1, -0.05) is 30.3 Å². The zero-order chi connectivity index (χ0) is 21.1. The van der Waals surface area contributed by atoms with Crippen LogP contribution < -0.4 is 5.32 Å². The second-order valence-electron chi connectivity index (χ2n) is 7.91. The van der Waals surface area contributed by atoms with E-state index >= 15 is 0 Å². The summed E-state index contributed by atoms with van der Waals surface area (Å²) in [6.07, 6.45) is 5.01. The Labute approximate surface area is 179 Å². The van der Waals surface area contributed by atoms with E-state index in [2.05, 4.69) is 5.32 Å². The summed E-state index contributed by atoms with van der Waals surface area (Å²) in [6.45, 7) is 1.64. The highest BCUT2D eigenvalue weighted by atomic mass is 32.2. The number of benzene rings is 1. The molecule has 1 aromatic rings. The maximum atomic E-state index is 12.5. The average molecular weight is 428 g/mol. The van der Waals surface area contributed by atoms with Gasteiger partial charge in [-0.3, -0.25) is 24.1 Å². The molecule has 30 heavy (non-hydrogen) atoms. The highest BCUT2D eigenvalue weighted by molar-refractivity contribution is 8.18. The Morgan fingerprint density at radius 1 is 1.03 bits per heavy atom. The first-order valence-corrected chi connectivity index (χ1v) is 11.2. The number of thioether (sulfide) groups is 1. The summed E-state index contributed by atoms with van der Waals surface area (Å²) in [4.78, 5) is 52.7. The Morgan fingerprint density at radius 3 is 2.40 bits per heavy atom. The number of likely N-dealkylation sites (tertiary alicyclic amines) is 1. The summed E-state index contributed by atoms with van der Waals surface area (Å²) in [5, 5.41) is 2.53. The van der Waals surface area contributed by atoms with Crippen molar-refractivity contribution < 1.29 is 19.2 Å². The van der Waals surface area contributed by atoms with Crippen LogP contribution in [-0.4, -0.2) is 58.9 Å². The molecule has 0 atom stereocenters. The van der Waals surface area contributed by atoms with Crippen LogP contribution in [0.4, 0.5) is 4.79 Å². The molecule has 0 bridgehead atoms. The number of carbonyl (C=O) groups is 4. The first-order chi connectivity index (χ1) is 14.5. The molecule has 4 rings (SSSR count). The number of hydrogen-bond acceptors (Lipinski definition) is 5. The number of carbonyl (C=O) groups excluding carboxylic acids is 4. The smallest absolute Gasteiger partial charge is 0.293 e. The molecule has 1 aliphatic carbocycles. The van der Waals surface area contributed by atoms with E-state index in [1.807, 2.05) is 35.2 Å². The lowest BCUT2D eigenvalue weighted by atomic mass is 9.95. The van der Waals surface area contributed by atoms with E-state index in [0.29, 0.717) is 30.8 Å². The predicted octanol–water partition coefficient (Wildman–Crippen LogP) is 2.49. The van der Waals surface area contributed by atoms with Crippen LogP contribution in [0.15, 0.2) is 35.2 Å². The Kier molecular flexibility index (Phi) is 6.22. The Bertz CT molecular complexity index is 874. The van der Waals surface area contributed by atoms with Gasteiger partial charge in [0.15, 0.2) is 0 Å². The van der Waals surface area contributed by atoms with Crippen molar-refractivity contribution in [1.29, 1.82) is 0 Å². The third-order valence-corrected chi connectivity index (χ3v) is 6.62. The van der Waals surface area contributed by atoms with Crippen LogP contribution in [0.2, 0.25) is 0 Å². The number of amides is 4. The van der Waals surface area contributed by atoms with Crippen LogP contribution >= 0.6 is 11.8 Å². The van der Waals surface area contributed by atoms with E-state index < -0.39 is 0 Å². The highest BCUT2D eigenvalue weighted by Gasteiger charge is 2.37. The van der Waals surface area contributed by atoms with Crippen molar-refractivity contribution >= 4 is 40.8 Å². The van der Waals surface area contributed by atoms with E-state index in [9.17, 15) is 19.2 Å². The number of imide groups is 1. The Hall–Kier alpha value is -2.61. The van der Waals surface area contributed by atoms with Gasteiger partial charge in [0.05, 0.1) is 4.91 Å². The van der Waals surface area contributed by atoms with Crippen molar-refractivity contribution in [3.05, 3.63) is 40.8 Å². The minimum absolute atomic E-state index is 0.0691. The van der Waals surface area contributed by atoms with Gasteiger partial charge in [0.25, 0.3) is 11.1 Å². The molecule has 2 saturated heterocycles. The average Bonchev–Trinajstić information content (AvgIpc) is 3.57. The van der Waals surface area contributed by atoms with Gasteiger partial charge in [0, 0.05) is 38.0 Å². The first kappa shape index (κ1) is 20.7. The molecule has 158 valence electrons. The van der Waals surface area contributed by atoms with Gasteiger partial charge in [0.2, 0.25) is 11.8 Å². The van der Waals surface area contributed by atoms with Crippen LogP contribution in [0, 0.1) is 11.8 Å². The minimum atomic E-state index is -0.324. The van der Waals surface area contributed by atoms with Crippen molar-refractivity contribution in [2.75, 3.05) is 26.2 Å². The van der Waals surface area contributed by atoms with Crippen LogP contribution in [-0.2, 0) is 14.4 Å². The van der Waals surface area contributed by atoms with Gasteiger partial charge in [-0.2, -0.15) is 0 Å². The predicted molar refractivity (Wildman–Crippen MR) is 114 cm³/mol. The van der Waals surface area contributed by atoms with Gasteiger partial charge in [-0.25, -0.2) is 0 Å². The third-order valence-electron chi connectivity index (χ3n) is 5.71. The number of nitrogens with zero attached hydrogens (tertiary/aromatic N) is 2.